The number of aromatic nitrogens is 1. The van der Waals surface area contributed by atoms with Gasteiger partial charge in [0.25, 0.3) is 0 Å². The van der Waals surface area contributed by atoms with Crippen molar-refractivity contribution in [1.29, 1.82) is 0 Å². The lowest BCUT2D eigenvalue weighted by atomic mass is 9.97. The van der Waals surface area contributed by atoms with E-state index < -0.39 is 0 Å². The van der Waals surface area contributed by atoms with Crippen LogP contribution in [0.4, 0.5) is 17.1 Å². The molecule has 0 spiro atoms. The molecule has 3 nitrogen and oxygen atoms in total. The zero-order chi connectivity index (χ0) is 38.9. The Balaban J connectivity index is 1.04. The number of anilines is 3. The molecule has 3 heteroatoms. The molecule has 0 fully saturated rings. The van der Waals surface area contributed by atoms with Gasteiger partial charge in [0, 0.05) is 38.7 Å². The van der Waals surface area contributed by atoms with Crippen LogP contribution in [0.5, 0.6) is 0 Å². The van der Waals surface area contributed by atoms with Crippen LogP contribution in [0, 0.1) is 0 Å². The zero-order valence-electron chi connectivity index (χ0n) is 32.1. The normalized spacial score (nSPS) is 11.7. The summed E-state index contributed by atoms with van der Waals surface area (Å²) >= 11 is 0. The molecule has 0 saturated carbocycles. The van der Waals surface area contributed by atoms with Crippen molar-refractivity contribution >= 4 is 82.4 Å². The highest BCUT2D eigenvalue weighted by Gasteiger charge is 2.24. The van der Waals surface area contributed by atoms with Crippen LogP contribution in [0.2, 0.25) is 0 Å². The summed E-state index contributed by atoms with van der Waals surface area (Å²) in [5.74, 6) is 0. The zero-order valence-corrected chi connectivity index (χ0v) is 32.1. The van der Waals surface area contributed by atoms with Gasteiger partial charge in [-0.2, -0.15) is 0 Å². The molecular formula is C56H36N2O. The highest BCUT2D eigenvalue weighted by atomic mass is 16.3. The van der Waals surface area contributed by atoms with Crippen LogP contribution in [0.25, 0.3) is 93.2 Å². The van der Waals surface area contributed by atoms with Crippen LogP contribution >= 0.6 is 0 Å². The number of furan rings is 1. The molecule has 0 aliphatic rings. The summed E-state index contributed by atoms with van der Waals surface area (Å²) in [5, 5.41) is 9.69. The quantitative estimate of drug-likeness (QED) is 0.158. The third kappa shape index (κ3) is 5.29. The fourth-order valence-corrected chi connectivity index (χ4v) is 9.29. The molecule has 0 aliphatic heterocycles. The first-order chi connectivity index (χ1) is 29.3. The maximum Gasteiger partial charge on any atom is 0.145 e. The van der Waals surface area contributed by atoms with Gasteiger partial charge in [-0.15, -0.1) is 0 Å². The molecule has 59 heavy (non-hydrogen) atoms. The average molecular weight is 753 g/mol. The van der Waals surface area contributed by atoms with Crippen molar-refractivity contribution in [3.63, 3.8) is 0 Å². The number of benzene rings is 10. The lowest BCUT2D eigenvalue weighted by Gasteiger charge is -2.27. The van der Waals surface area contributed by atoms with Crippen LogP contribution in [0.1, 0.15) is 0 Å². The smallest absolute Gasteiger partial charge is 0.145 e. The van der Waals surface area contributed by atoms with Gasteiger partial charge < -0.3 is 13.9 Å². The van der Waals surface area contributed by atoms with Crippen molar-refractivity contribution in [3.8, 4) is 27.9 Å². The van der Waals surface area contributed by atoms with E-state index in [-0.39, 0.29) is 0 Å². The van der Waals surface area contributed by atoms with E-state index in [9.17, 15) is 0 Å². The first-order valence-corrected chi connectivity index (χ1v) is 20.2. The maximum absolute atomic E-state index is 6.95. The molecule has 10 aromatic carbocycles. The van der Waals surface area contributed by atoms with Crippen LogP contribution in [-0.4, -0.2) is 4.57 Å². The number of para-hydroxylation sites is 5. The largest absolute Gasteiger partial charge is 0.455 e. The van der Waals surface area contributed by atoms with Gasteiger partial charge >= 0.3 is 0 Å². The standard InChI is InChI=1S/C56H36N2O/c1-2-15-41(16-3-1)57(42-31-28-37(29-32-42)39-30-33-44-40(36-39)27-26-38-14-4-5-17-43(38)44)53-35-34-48(56-55(53)49-21-9-13-25-54(49)59-56)47-20-8-12-24-52(47)58-50-22-10-6-18-45(50)46-19-7-11-23-51(46)58/h1-36H. The second-order valence-electron chi connectivity index (χ2n) is 15.3. The van der Waals surface area contributed by atoms with Crippen LogP contribution in [-0.2, 0) is 0 Å². The Morgan fingerprint density at radius 3 is 1.76 bits per heavy atom. The minimum atomic E-state index is 0.859. The van der Waals surface area contributed by atoms with E-state index >= 15 is 0 Å². The van der Waals surface area contributed by atoms with Crippen molar-refractivity contribution in [1.82, 2.24) is 4.57 Å². The molecule has 0 bridgehead atoms. The number of rotatable bonds is 6. The van der Waals surface area contributed by atoms with E-state index in [2.05, 4.69) is 228 Å². The van der Waals surface area contributed by atoms with Gasteiger partial charge in [-0.1, -0.05) is 152 Å². The first-order valence-electron chi connectivity index (χ1n) is 20.2. The van der Waals surface area contributed by atoms with Gasteiger partial charge in [0.15, 0.2) is 0 Å². The van der Waals surface area contributed by atoms with E-state index in [1.54, 1.807) is 0 Å². The van der Waals surface area contributed by atoms with E-state index in [0.717, 1.165) is 55.8 Å². The summed E-state index contributed by atoms with van der Waals surface area (Å²) in [6.45, 7) is 0. The SMILES string of the molecule is c1ccc(N(c2ccc(-c3ccc4c(ccc5ccccc54)c3)cc2)c2ccc(-c3ccccc3-n3c4ccccc4c4ccccc43)c3oc4ccccc4c23)cc1. The molecular weight excluding hydrogens is 717 g/mol. The highest BCUT2D eigenvalue weighted by molar-refractivity contribution is 6.18. The van der Waals surface area contributed by atoms with Gasteiger partial charge in [0.05, 0.1) is 27.8 Å². The molecule has 0 radical (unpaired) electrons. The molecule has 0 atom stereocenters. The van der Waals surface area contributed by atoms with E-state index in [1.165, 1.54) is 54.5 Å². The summed E-state index contributed by atoms with van der Waals surface area (Å²) < 4.78 is 9.35. The number of hydrogen-bond donors (Lipinski definition) is 0. The fourth-order valence-electron chi connectivity index (χ4n) is 9.29. The van der Waals surface area contributed by atoms with Gasteiger partial charge in [-0.3, -0.25) is 0 Å². The monoisotopic (exact) mass is 752 g/mol. The highest BCUT2D eigenvalue weighted by Crippen LogP contribution is 2.47. The molecule has 0 aliphatic carbocycles. The Labute approximate surface area is 341 Å². The Kier molecular flexibility index (Phi) is 7.54. The molecule has 12 aromatic rings. The molecule has 2 aromatic heterocycles. The molecule has 12 rings (SSSR count). The summed E-state index contributed by atoms with van der Waals surface area (Å²) in [6, 6.07) is 78.5. The summed E-state index contributed by atoms with van der Waals surface area (Å²) in [6.07, 6.45) is 0. The van der Waals surface area contributed by atoms with Gasteiger partial charge in [-0.05, 0) is 99.4 Å². The number of nitrogens with zero attached hydrogens (tertiary/aromatic N) is 2. The Bertz CT molecular complexity index is 3500. The average Bonchev–Trinajstić information content (AvgIpc) is 3.86. The number of fused-ring (bicyclic) bond motifs is 9. The second-order valence-corrected chi connectivity index (χ2v) is 15.3. The predicted molar refractivity (Wildman–Crippen MR) is 249 cm³/mol. The van der Waals surface area contributed by atoms with E-state index in [0.29, 0.717) is 0 Å². The molecule has 2 heterocycles. The van der Waals surface area contributed by atoms with Crippen LogP contribution in [0.3, 0.4) is 0 Å². The van der Waals surface area contributed by atoms with Crippen molar-refractivity contribution in [2.24, 2.45) is 0 Å². The van der Waals surface area contributed by atoms with E-state index in [1.807, 2.05) is 0 Å². The van der Waals surface area contributed by atoms with Crippen molar-refractivity contribution in [3.05, 3.63) is 218 Å². The minimum Gasteiger partial charge on any atom is -0.455 e. The van der Waals surface area contributed by atoms with Gasteiger partial charge in [0.1, 0.15) is 11.2 Å². The molecule has 0 unspecified atom stereocenters. The predicted octanol–water partition coefficient (Wildman–Crippen LogP) is 15.8. The number of hydrogen-bond acceptors (Lipinski definition) is 2. The second kappa shape index (κ2) is 13.4. The maximum atomic E-state index is 6.95. The van der Waals surface area contributed by atoms with Crippen molar-refractivity contribution in [2.45, 2.75) is 0 Å². The molecule has 0 amide bonds. The van der Waals surface area contributed by atoms with E-state index in [4.69, 9.17) is 4.42 Å². The van der Waals surface area contributed by atoms with Gasteiger partial charge in [-0.25, -0.2) is 0 Å². The third-order valence-corrected chi connectivity index (χ3v) is 12.0. The summed E-state index contributed by atoms with van der Waals surface area (Å²) in [4.78, 5) is 2.36. The minimum absolute atomic E-state index is 0.859. The van der Waals surface area contributed by atoms with Crippen LogP contribution < -0.4 is 4.90 Å². The topological polar surface area (TPSA) is 21.3 Å². The lowest BCUT2D eigenvalue weighted by Crippen LogP contribution is -2.10. The van der Waals surface area contributed by atoms with Crippen molar-refractivity contribution < 1.29 is 4.42 Å². The van der Waals surface area contributed by atoms with Gasteiger partial charge in [0.2, 0.25) is 0 Å². The van der Waals surface area contributed by atoms with Crippen LogP contribution in [0.15, 0.2) is 223 Å². The Morgan fingerprint density at radius 2 is 0.966 bits per heavy atom. The molecule has 0 saturated heterocycles. The lowest BCUT2D eigenvalue weighted by molar-refractivity contribution is 0.670. The van der Waals surface area contributed by atoms with Crippen molar-refractivity contribution in [2.75, 3.05) is 4.90 Å². The third-order valence-electron chi connectivity index (χ3n) is 12.0. The summed E-state index contributed by atoms with van der Waals surface area (Å²) in [5.41, 5.74) is 12.9. The summed E-state index contributed by atoms with van der Waals surface area (Å²) in [7, 11) is 0. The fraction of sp³-hybridized carbons (Fsp3) is 0. The molecule has 0 N–H and O–H groups in total. The molecule has 276 valence electrons. The first kappa shape index (κ1) is 33.3. The Morgan fingerprint density at radius 1 is 0.373 bits per heavy atom. The Hall–Kier alpha value is -7.88.